The number of hydrogen-bond donors (Lipinski definition) is 0. The Kier molecular flexibility index (Phi) is 5.98. The fourth-order valence-corrected chi connectivity index (χ4v) is 4.04. The van der Waals surface area contributed by atoms with Crippen molar-refractivity contribution in [1.82, 2.24) is 24.8 Å². The van der Waals surface area contributed by atoms with E-state index in [9.17, 15) is 9.59 Å². The van der Waals surface area contributed by atoms with Gasteiger partial charge in [-0.05, 0) is 44.2 Å². The fraction of sp³-hybridized carbons (Fsp3) is 0.273. The second-order valence-corrected chi connectivity index (χ2v) is 8.32. The van der Waals surface area contributed by atoms with Gasteiger partial charge in [-0.25, -0.2) is 4.68 Å². The summed E-state index contributed by atoms with van der Waals surface area (Å²) in [5.74, 6) is -0.359. The Morgan fingerprint density at radius 3 is 2.10 bits per heavy atom. The van der Waals surface area contributed by atoms with Crippen LogP contribution < -0.4 is 0 Å². The van der Waals surface area contributed by atoms with Gasteiger partial charge in [0.2, 0.25) is 0 Å². The van der Waals surface area contributed by atoms with Gasteiger partial charge in [0.25, 0.3) is 11.8 Å². The van der Waals surface area contributed by atoms with Crippen molar-refractivity contribution in [3.8, 4) is 5.69 Å². The van der Waals surface area contributed by atoms with Crippen LogP contribution in [0.15, 0.2) is 42.5 Å². The Morgan fingerprint density at radius 2 is 1.48 bits per heavy atom. The van der Waals surface area contributed by atoms with Gasteiger partial charge in [-0.1, -0.05) is 46.1 Å². The number of rotatable bonds is 3. The summed E-state index contributed by atoms with van der Waals surface area (Å²) in [6, 6.07) is 12.7. The SMILES string of the molecule is Cc1ccc(-n2nnc(C(=O)N3CCN(C(=O)c4ccc(Cl)cc4Cl)CC3)c2C)cc1. The van der Waals surface area contributed by atoms with E-state index in [-0.39, 0.29) is 11.8 Å². The van der Waals surface area contributed by atoms with E-state index in [4.69, 9.17) is 23.2 Å². The first kappa shape index (κ1) is 21.3. The molecular weight excluding hydrogens is 437 g/mol. The van der Waals surface area contributed by atoms with E-state index in [2.05, 4.69) is 10.3 Å². The summed E-state index contributed by atoms with van der Waals surface area (Å²) < 4.78 is 1.66. The predicted molar refractivity (Wildman–Crippen MR) is 119 cm³/mol. The van der Waals surface area contributed by atoms with Crippen LogP contribution in [0.2, 0.25) is 10.0 Å². The van der Waals surface area contributed by atoms with Gasteiger partial charge in [0.05, 0.1) is 22.0 Å². The topological polar surface area (TPSA) is 71.3 Å². The monoisotopic (exact) mass is 457 g/mol. The van der Waals surface area contributed by atoms with Crippen molar-refractivity contribution < 1.29 is 9.59 Å². The van der Waals surface area contributed by atoms with E-state index in [1.54, 1.807) is 32.7 Å². The third kappa shape index (κ3) is 4.29. The zero-order valence-corrected chi connectivity index (χ0v) is 18.7. The molecule has 7 nitrogen and oxygen atoms in total. The lowest BCUT2D eigenvalue weighted by atomic mass is 10.1. The van der Waals surface area contributed by atoms with Crippen LogP contribution in [-0.4, -0.2) is 62.8 Å². The van der Waals surface area contributed by atoms with Gasteiger partial charge in [-0.15, -0.1) is 5.10 Å². The highest BCUT2D eigenvalue weighted by atomic mass is 35.5. The lowest BCUT2D eigenvalue weighted by Crippen LogP contribution is -2.50. The highest BCUT2D eigenvalue weighted by Gasteiger charge is 2.29. The zero-order chi connectivity index (χ0) is 22.1. The Balaban J connectivity index is 1.44. The number of hydrogen-bond acceptors (Lipinski definition) is 4. The molecule has 1 fully saturated rings. The Labute approximate surface area is 190 Å². The van der Waals surface area contributed by atoms with Crippen LogP contribution >= 0.6 is 23.2 Å². The van der Waals surface area contributed by atoms with Crippen molar-refractivity contribution in [2.24, 2.45) is 0 Å². The maximum Gasteiger partial charge on any atom is 0.276 e. The van der Waals surface area contributed by atoms with Gasteiger partial charge in [-0.3, -0.25) is 9.59 Å². The molecule has 0 unspecified atom stereocenters. The number of aromatic nitrogens is 3. The molecule has 160 valence electrons. The van der Waals surface area contributed by atoms with Gasteiger partial charge in [0.1, 0.15) is 0 Å². The van der Waals surface area contributed by atoms with Crippen molar-refractivity contribution in [1.29, 1.82) is 0 Å². The number of halogens is 2. The molecule has 31 heavy (non-hydrogen) atoms. The lowest BCUT2D eigenvalue weighted by Gasteiger charge is -2.34. The number of carbonyl (C=O) groups excluding carboxylic acids is 2. The van der Waals surface area contributed by atoms with Crippen molar-refractivity contribution in [2.75, 3.05) is 26.2 Å². The van der Waals surface area contributed by atoms with E-state index in [1.807, 2.05) is 38.1 Å². The quantitative estimate of drug-likeness (QED) is 0.599. The highest BCUT2D eigenvalue weighted by Crippen LogP contribution is 2.23. The zero-order valence-electron chi connectivity index (χ0n) is 17.2. The minimum atomic E-state index is -0.188. The average Bonchev–Trinajstić information content (AvgIpc) is 3.15. The van der Waals surface area contributed by atoms with Crippen LogP contribution in [0.3, 0.4) is 0 Å². The predicted octanol–water partition coefficient (Wildman–Crippen LogP) is 3.79. The van der Waals surface area contributed by atoms with Gasteiger partial charge in [0, 0.05) is 31.2 Å². The third-order valence-corrected chi connectivity index (χ3v) is 5.94. The van der Waals surface area contributed by atoms with E-state index in [0.29, 0.717) is 53.2 Å². The Bertz CT molecular complexity index is 1140. The first-order valence-corrected chi connectivity index (χ1v) is 10.6. The van der Waals surface area contributed by atoms with Gasteiger partial charge in [-0.2, -0.15) is 0 Å². The van der Waals surface area contributed by atoms with Crippen molar-refractivity contribution in [2.45, 2.75) is 13.8 Å². The number of amides is 2. The highest BCUT2D eigenvalue weighted by molar-refractivity contribution is 6.36. The van der Waals surface area contributed by atoms with Crippen LogP contribution in [0.25, 0.3) is 5.69 Å². The first-order valence-electron chi connectivity index (χ1n) is 9.88. The molecule has 3 aromatic rings. The molecular formula is C22H21Cl2N5O2. The molecule has 1 aromatic heterocycles. The van der Waals surface area contributed by atoms with Crippen LogP contribution in [0.1, 0.15) is 32.1 Å². The molecule has 2 heterocycles. The molecule has 1 aliphatic heterocycles. The largest absolute Gasteiger partial charge is 0.335 e. The number of aryl methyl sites for hydroxylation is 1. The summed E-state index contributed by atoms with van der Waals surface area (Å²) in [5, 5.41) is 9.08. The molecule has 0 spiro atoms. The van der Waals surface area contributed by atoms with Crippen LogP contribution in [0.4, 0.5) is 0 Å². The molecule has 4 rings (SSSR count). The minimum absolute atomic E-state index is 0.171. The number of carbonyl (C=O) groups is 2. The van der Waals surface area contributed by atoms with Crippen molar-refractivity contribution in [3.63, 3.8) is 0 Å². The standard InChI is InChI=1S/C22H21Cl2N5O2/c1-14-3-6-17(7-4-14)29-15(2)20(25-26-29)22(31)28-11-9-27(10-12-28)21(30)18-8-5-16(23)13-19(18)24/h3-8,13H,9-12H2,1-2H3. The van der Waals surface area contributed by atoms with Crippen molar-refractivity contribution >= 4 is 35.0 Å². The molecule has 0 atom stereocenters. The molecule has 9 heteroatoms. The van der Waals surface area contributed by atoms with Crippen LogP contribution in [0, 0.1) is 13.8 Å². The molecule has 2 amide bonds. The van der Waals surface area contributed by atoms with E-state index in [0.717, 1.165) is 11.3 Å². The maximum atomic E-state index is 13.0. The van der Waals surface area contributed by atoms with Gasteiger partial charge in [0.15, 0.2) is 5.69 Å². The molecule has 2 aromatic carbocycles. The second-order valence-electron chi connectivity index (χ2n) is 7.48. The average molecular weight is 458 g/mol. The summed E-state index contributed by atoms with van der Waals surface area (Å²) in [7, 11) is 0. The Morgan fingerprint density at radius 1 is 0.871 bits per heavy atom. The van der Waals surface area contributed by atoms with Crippen LogP contribution in [-0.2, 0) is 0 Å². The summed E-state index contributed by atoms with van der Waals surface area (Å²) >= 11 is 12.1. The third-order valence-electron chi connectivity index (χ3n) is 5.39. The number of benzene rings is 2. The number of nitrogens with zero attached hydrogens (tertiary/aromatic N) is 5. The second kappa shape index (κ2) is 8.69. The smallest absolute Gasteiger partial charge is 0.276 e. The minimum Gasteiger partial charge on any atom is -0.335 e. The van der Waals surface area contributed by atoms with Crippen LogP contribution in [0.5, 0.6) is 0 Å². The van der Waals surface area contributed by atoms with E-state index in [1.165, 1.54) is 0 Å². The summed E-state index contributed by atoms with van der Waals surface area (Å²) in [5.41, 5.74) is 3.40. The maximum absolute atomic E-state index is 13.0. The molecule has 0 N–H and O–H groups in total. The van der Waals surface area contributed by atoms with Crippen molar-refractivity contribution in [3.05, 3.63) is 75.0 Å². The summed E-state index contributed by atoms with van der Waals surface area (Å²) in [6.45, 7) is 5.48. The number of piperazine rings is 1. The normalized spacial score (nSPS) is 14.1. The fourth-order valence-electron chi connectivity index (χ4n) is 3.55. The van der Waals surface area contributed by atoms with Gasteiger partial charge < -0.3 is 9.80 Å². The summed E-state index contributed by atoms with van der Waals surface area (Å²) in [6.07, 6.45) is 0. The van der Waals surface area contributed by atoms with E-state index < -0.39 is 0 Å². The molecule has 1 aliphatic rings. The van der Waals surface area contributed by atoms with E-state index >= 15 is 0 Å². The Hall–Kier alpha value is -2.90. The molecule has 0 aliphatic carbocycles. The van der Waals surface area contributed by atoms with Gasteiger partial charge >= 0.3 is 0 Å². The molecule has 0 saturated carbocycles. The molecule has 0 bridgehead atoms. The first-order chi connectivity index (χ1) is 14.8. The summed E-state index contributed by atoms with van der Waals surface area (Å²) in [4.78, 5) is 29.2. The molecule has 1 saturated heterocycles. The lowest BCUT2D eigenvalue weighted by molar-refractivity contribution is 0.0532. The molecule has 0 radical (unpaired) electrons.